The standard InChI is InChI=1S/C26H29N3O4/c1-23(2)10-8-13-15(33-23)7-6-14-17-19(27-18(13)14)24(3,4)16-12-25-9-5-11-29(25)22(32)26(16,20(17)30)28-21(25)31/h6-8,10,16,20,27,30H,5,9,11-12H2,1-4H3,(H,28,31)/t16-,20?,25-,26+/m0/s1. The summed E-state index contributed by atoms with van der Waals surface area (Å²) in [7, 11) is 0. The van der Waals surface area contributed by atoms with E-state index in [0.29, 0.717) is 19.4 Å². The molecule has 2 amide bonds. The Bertz CT molecular complexity index is 1320. The SMILES string of the molecule is CC1(C)C=Cc2c(ccc3c4c([nH]c23)C(C)(C)[C@@H]2C[C@]35CCCN3C(=O)[C@]2(NC5=O)C4O)O1. The summed E-state index contributed by atoms with van der Waals surface area (Å²) in [6, 6.07) is 3.90. The first kappa shape index (κ1) is 19.6. The Balaban J connectivity index is 1.50. The van der Waals surface area contributed by atoms with Gasteiger partial charge in [-0.05, 0) is 57.4 Å². The van der Waals surface area contributed by atoms with Gasteiger partial charge in [-0.15, -0.1) is 0 Å². The number of aliphatic hydroxyl groups excluding tert-OH is 1. The highest BCUT2D eigenvalue weighted by atomic mass is 16.5. The number of amides is 2. The molecule has 1 aromatic heterocycles. The first-order valence-corrected chi connectivity index (χ1v) is 11.9. The third-order valence-corrected chi connectivity index (χ3v) is 9.18. The maximum atomic E-state index is 13.9. The number of nitrogens with zero attached hydrogens (tertiary/aromatic N) is 1. The minimum atomic E-state index is -1.33. The molecule has 2 spiro atoms. The van der Waals surface area contributed by atoms with Crippen molar-refractivity contribution in [1.29, 1.82) is 0 Å². The second-order valence-corrected chi connectivity index (χ2v) is 11.6. The Kier molecular flexibility index (Phi) is 3.25. The minimum absolute atomic E-state index is 0.107. The van der Waals surface area contributed by atoms with E-state index in [-0.39, 0.29) is 23.3 Å². The van der Waals surface area contributed by atoms with Crippen LogP contribution in [-0.2, 0) is 15.0 Å². The molecule has 33 heavy (non-hydrogen) atoms. The molecule has 4 fully saturated rings. The zero-order chi connectivity index (χ0) is 23.1. The molecular weight excluding hydrogens is 418 g/mol. The van der Waals surface area contributed by atoms with E-state index in [0.717, 1.165) is 39.9 Å². The summed E-state index contributed by atoms with van der Waals surface area (Å²) in [5.41, 5.74) is 0.564. The maximum absolute atomic E-state index is 13.9. The molecule has 2 bridgehead atoms. The number of H-pyrrole nitrogens is 1. The Morgan fingerprint density at radius 1 is 1.18 bits per heavy atom. The summed E-state index contributed by atoms with van der Waals surface area (Å²) in [5, 5.41) is 15.9. The summed E-state index contributed by atoms with van der Waals surface area (Å²) >= 11 is 0. The van der Waals surface area contributed by atoms with Crippen LogP contribution in [0, 0.1) is 5.92 Å². The van der Waals surface area contributed by atoms with Crippen molar-refractivity contribution < 1.29 is 19.4 Å². The van der Waals surface area contributed by atoms with E-state index < -0.39 is 22.6 Å². The van der Waals surface area contributed by atoms with Crippen LogP contribution >= 0.6 is 0 Å². The van der Waals surface area contributed by atoms with Crippen molar-refractivity contribution in [1.82, 2.24) is 15.2 Å². The number of hydrogen-bond donors (Lipinski definition) is 3. The molecule has 5 aliphatic heterocycles. The number of piperidine rings is 2. The lowest BCUT2D eigenvalue weighted by Gasteiger charge is -2.65. The van der Waals surface area contributed by atoms with Gasteiger partial charge in [0.1, 0.15) is 23.0 Å². The number of hydrogen-bond acceptors (Lipinski definition) is 4. The van der Waals surface area contributed by atoms with Gasteiger partial charge in [-0.1, -0.05) is 13.8 Å². The van der Waals surface area contributed by atoms with Gasteiger partial charge in [0.15, 0.2) is 5.54 Å². The van der Waals surface area contributed by atoms with Gasteiger partial charge in [-0.3, -0.25) is 9.59 Å². The molecule has 2 aromatic rings. The Hall–Kier alpha value is -2.80. The van der Waals surface area contributed by atoms with E-state index in [4.69, 9.17) is 4.74 Å². The number of rotatable bonds is 0. The highest BCUT2D eigenvalue weighted by Gasteiger charge is 2.75. The normalized spacial score (nSPS) is 36.7. The van der Waals surface area contributed by atoms with Crippen LogP contribution in [0.4, 0.5) is 0 Å². The quantitative estimate of drug-likeness (QED) is 0.579. The lowest BCUT2D eigenvalue weighted by molar-refractivity contribution is -0.191. The molecule has 4 saturated heterocycles. The fourth-order valence-electron chi connectivity index (χ4n) is 7.57. The summed E-state index contributed by atoms with van der Waals surface area (Å²) in [5.74, 6) is 0.354. The molecular formula is C26H29N3O4. The van der Waals surface area contributed by atoms with Crippen LogP contribution in [0.5, 0.6) is 5.75 Å². The number of aliphatic hydroxyl groups is 1. The predicted octanol–water partition coefficient (Wildman–Crippen LogP) is 2.93. The number of fused-ring (bicyclic) bond motifs is 6. The number of nitrogens with one attached hydrogen (secondary N) is 2. The largest absolute Gasteiger partial charge is 0.483 e. The van der Waals surface area contributed by atoms with Gasteiger partial charge in [0.2, 0.25) is 5.91 Å². The van der Waals surface area contributed by atoms with Crippen LogP contribution in [0.3, 0.4) is 0 Å². The van der Waals surface area contributed by atoms with Crippen LogP contribution in [0.15, 0.2) is 18.2 Å². The van der Waals surface area contributed by atoms with Crippen LogP contribution in [0.1, 0.15) is 69.9 Å². The van der Waals surface area contributed by atoms with Crippen molar-refractivity contribution in [3.63, 3.8) is 0 Å². The average molecular weight is 448 g/mol. The van der Waals surface area contributed by atoms with Gasteiger partial charge in [0.25, 0.3) is 5.91 Å². The number of aromatic nitrogens is 1. The van der Waals surface area contributed by atoms with Crippen LogP contribution < -0.4 is 10.1 Å². The summed E-state index contributed by atoms with van der Waals surface area (Å²) < 4.78 is 6.17. The predicted molar refractivity (Wildman–Crippen MR) is 123 cm³/mol. The number of carbonyl (C=O) groups is 2. The minimum Gasteiger partial charge on any atom is -0.483 e. The molecule has 8 rings (SSSR count). The van der Waals surface area contributed by atoms with Crippen molar-refractivity contribution in [2.75, 3.05) is 6.54 Å². The number of piperazine rings is 1. The van der Waals surface area contributed by atoms with E-state index in [1.54, 1.807) is 4.90 Å². The fourth-order valence-corrected chi connectivity index (χ4v) is 7.57. The summed E-state index contributed by atoms with van der Waals surface area (Å²) in [4.78, 5) is 32.7. The van der Waals surface area contributed by atoms with Crippen molar-refractivity contribution in [2.24, 2.45) is 5.92 Å². The van der Waals surface area contributed by atoms with Crippen LogP contribution in [0.2, 0.25) is 0 Å². The van der Waals surface area contributed by atoms with E-state index in [9.17, 15) is 14.7 Å². The van der Waals surface area contributed by atoms with E-state index >= 15 is 0 Å². The molecule has 6 heterocycles. The topological polar surface area (TPSA) is 94.7 Å². The third-order valence-electron chi connectivity index (χ3n) is 9.18. The molecule has 6 aliphatic rings. The Labute approximate surface area is 192 Å². The molecule has 7 heteroatoms. The molecule has 3 N–H and O–H groups in total. The summed E-state index contributed by atoms with van der Waals surface area (Å²) in [6.45, 7) is 8.89. The first-order chi connectivity index (χ1) is 15.5. The number of carbonyl (C=O) groups excluding carboxylic acids is 2. The molecule has 1 aromatic carbocycles. The van der Waals surface area contributed by atoms with Crippen molar-refractivity contribution in [3.8, 4) is 5.75 Å². The average Bonchev–Trinajstić information content (AvgIpc) is 3.36. The number of ether oxygens (including phenoxy) is 1. The van der Waals surface area contributed by atoms with E-state index in [1.165, 1.54) is 0 Å². The highest BCUT2D eigenvalue weighted by molar-refractivity contribution is 6.07. The molecule has 7 nitrogen and oxygen atoms in total. The molecule has 0 saturated carbocycles. The monoisotopic (exact) mass is 447 g/mol. The first-order valence-electron chi connectivity index (χ1n) is 11.9. The number of aromatic amines is 1. The zero-order valence-electron chi connectivity index (χ0n) is 19.4. The van der Waals surface area contributed by atoms with E-state index in [1.807, 2.05) is 32.1 Å². The van der Waals surface area contributed by atoms with Crippen LogP contribution in [0.25, 0.3) is 17.0 Å². The van der Waals surface area contributed by atoms with Gasteiger partial charge in [0.05, 0.1) is 5.52 Å². The van der Waals surface area contributed by atoms with Crippen molar-refractivity contribution in [2.45, 2.75) is 75.2 Å². The lowest BCUT2D eigenvalue weighted by Crippen LogP contribution is -2.85. The Morgan fingerprint density at radius 2 is 1.97 bits per heavy atom. The molecule has 0 radical (unpaired) electrons. The van der Waals surface area contributed by atoms with Crippen LogP contribution in [-0.4, -0.2) is 50.0 Å². The maximum Gasteiger partial charge on any atom is 0.252 e. The highest BCUT2D eigenvalue weighted by Crippen LogP contribution is 2.62. The van der Waals surface area contributed by atoms with Crippen molar-refractivity contribution >= 4 is 28.8 Å². The second-order valence-electron chi connectivity index (χ2n) is 11.6. The van der Waals surface area contributed by atoms with Gasteiger partial charge in [0, 0.05) is 40.1 Å². The van der Waals surface area contributed by atoms with Gasteiger partial charge in [-0.2, -0.15) is 0 Å². The number of benzene rings is 1. The summed E-state index contributed by atoms with van der Waals surface area (Å²) in [6.07, 6.45) is 5.07. The molecule has 172 valence electrons. The van der Waals surface area contributed by atoms with Crippen molar-refractivity contribution in [3.05, 3.63) is 35.0 Å². The van der Waals surface area contributed by atoms with Gasteiger partial charge < -0.3 is 25.0 Å². The Morgan fingerprint density at radius 3 is 2.76 bits per heavy atom. The lowest BCUT2D eigenvalue weighted by atomic mass is 9.50. The molecule has 1 unspecified atom stereocenters. The van der Waals surface area contributed by atoms with Gasteiger partial charge in [-0.25, -0.2) is 0 Å². The van der Waals surface area contributed by atoms with E-state index in [2.05, 4.69) is 30.2 Å². The third kappa shape index (κ3) is 1.99. The molecule has 1 aliphatic carbocycles. The molecule has 4 atom stereocenters. The zero-order valence-corrected chi connectivity index (χ0v) is 19.4. The smallest absolute Gasteiger partial charge is 0.252 e. The fraction of sp³-hybridized carbons (Fsp3) is 0.538. The van der Waals surface area contributed by atoms with Gasteiger partial charge >= 0.3 is 0 Å². The second kappa shape index (κ2) is 5.46.